The van der Waals surface area contributed by atoms with Gasteiger partial charge in [0.25, 0.3) is 22.4 Å². The fraction of sp³-hybridized carbons (Fsp3) is 0.182. The van der Waals surface area contributed by atoms with Crippen LogP contribution in [0.15, 0.2) is 42.1 Å². The molecule has 0 radical (unpaired) electrons. The Morgan fingerprint density at radius 3 is 2.62 bits per heavy atom. The van der Waals surface area contributed by atoms with Gasteiger partial charge < -0.3 is 0 Å². The Morgan fingerprint density at radius 2 is 1.92 bits per heavy atom. The second-order valence-electron chi connectivity index (χ2n) is 4.44. The molecule has 0 amide bonds. The summed E-state index contributed by atoms with van der Waals surface area (Å²) < 4.78 is 53.3. The van der Waals surface area contributed by atoms with E-state index in [1.807, 2.05) is 0 Å². The van der Waals surface area contributed by atoms with Crippen LogP contribution in [-0.2, 0) is 16.6 Å². The SMILES string of the molecule is O=S(=O)(Nc1ncnn1-c1ncccn1)c1cnn(CC(F)F)c1. The lowest BCUT2D eigenvalue weighted by atomic mass is 10.7. The molecular weight excluding hydrogens is 346 g/mol. The lowest BCUT2D eigenvalue weighted by Gasteiger charge is -2.06. The summed E-state index contributed by atoms with van der Waals surface area (Å²) in [4.78, 5) is 11.4. The number of anilines is 1. The van der Waals surface area contributed by atoms with Crippen molar-refractivity contribution in [2.45, 2.75) is 17.9 Å². The standard InChI is InChI=1S/C11H10F2N8O2S/c12-9(13)6-20-5-8(4-17-20)24(22,23)19-11-16-7-18-21(11)10-14-2-1-3-15-10/h1-5,7,9H,6H2,(H,16,18,19). The lowest BCUT2D eigenvalue weighted by Crippen LogP contribution is -2.17. The molecule has 0 aliphatic carbocycles. The summed E-state index contributed by atoms with van der Waals surface area (Å²) in [6.45, 7) is -0.705. The molecule has 13 heteroatoms. The number of sulfonamides is 1. The van der Waals surface area contributed by atoms with Crippen molar-refractivity contribution in [1.29, 1.82) is 0 Å². The topological polar surface area (TPSA) is 120 Å². The molecule has 24 heavy (non-hydrogen) atoms. The Labute approximate surface area is 134 Å². The van der Waals surface area contributed by atoms with Crippen LogP contribution in [0.1, 0.15) is 0 Å². The minimum absolute atomic E-state index is 0.112. The molecule has 0 saturated carbocycles. The molecule has 3 heterocycles. The average Bonchev–Trinajstić information content (AvgIpc) is 3.17. The average molecular weight is 356 g/mol. The van der Waals surface area contributed by atoms with Crippen molar-refractivity contribution < 1.29 is 17.2 Å². The third kappa shape index (κ3) is 3.34. The van der Waals surface area contributed by atoms with E-state index in [4.69, 9.17) is 0 Å². The molecule has 3 aromatic rings. The monoisotopic (exact) mass is 356 g/mol. The summed E-state index contributed by atoms with van der Waals surface area (Å²) >= 11 is 0. The second-order valence-corrected chi connectivity index (χ2v) is 6.12. The molecule has 10 nitrogen and oxygen atoms in total. The third-order valence-electron chi connectivity index (χ3n) is 2.76. The van der Waals surface area contributed by atoms with Crippen molar-refractivity contribution in [3.63, 3.8) is 0 Å². The zero-order chi connectivity index (χ0) is 17.2. The summed E-state index contributed by atoms with van der Waals surface area (Å²) in [6, 6.07) is 1.58. The Morgan fingerprint density at radius 1 is 1.17 bits per heavy atom. The number of nitrogens with zero attached hydrogens (tertiary/aromatic N) is 7. The number of aromatic nitrogens is 7. The zero-order valence-electron chi connectivity index (χ0n) is 11.9. The van der Waals surface area contributed by atoms with Crippen LogP contribution in [0.4, 0.5) is 14.7 Å². The maximum absolute atomic E-state index is 12.3. The molecular formula is C11H10F2N8O2S. The normalized spacial score (nSPS) is 11.8. The summed E-state index contributed by atoms with van der Waals surface area (Å²) in [7, 11) is -4.09. The van der Waals surface area contributed by atoms with Crippen LogP contribution in [-0.4, -0.2) is 49.4 Å². The molecule has 0 aliphatic heterocycles. The molecule has 0 aromatic carbocycles. The van der Waals surface area contributed by atoms with Crippen LogP contribution in [0, 0.1) is 0 Å². The first-order chi connectivity index (χ1) is 11.5. The Kier molecular flexibility index (Phi) is 4.16. The van der Waals surface area contributed by atoms with E-state index in [1.165, 1.54) is 12.4 Å². The third-order valence-corrected chi connectivity index (χ3v) is 4.04. The zero-order valence-corrected chi connectivity index (χ0v) is 12.7. The predicted octanol–water partition coefficient (Wildman–Crippen LogP) is 0.320. The van der Waals surface area contributed by atoms with E-state index in [0.29, 0.717) is 0 Å². The van der Waals surface area contributed by atoms with Gasteiger partial charge in [-0.15, -0.1) is 0 Å². The Hall–Kier alpha value is -2.96. The summed E-state index contributed by atoms with van der Waals surface area (Å²) in [5.74, 6) is -0.0381. The van der Waals surface area contributed by atoms with E-state index in [-0.39, 0.29) is 16.8 Å². The van der Waals surface area contributed by atoms with Crippen LogP contribution in [0.5, 0.6) is 0 Å². The van der Waals surface area contributed by atoms with E-state index < -0.39 is 23.0 Å². The van der Waals surface area contributed by atoms with E-state index in [1.54, 1.807) is 6.07 Å². The summed E-state index contributed by atoms with van der Waals surface area (Å²) in [6.07, 6.45) is 3.34. The molecule has 0 fully saturated rings. The van der Waals surface area contributed by atoms with Crippen LogP contribution in [0.2, 0.25) is 0 Å². The quantitative estimate of drug-likeness (QED) is 0.675. The van der Waals surface area contributed by atoms with Crippen LogP contribution < -0.4 is 4.72 Å². The number of halogens is 2. The molecule has 0 unspecified atom stereocenters. The van der Waals surface area contributed by atoms with Crippen molar-refractivity contribution in [1.82, 2.24) is 34.5 Å². The van der Waals surface area contributed by atoms with Gasteiger partial charge in [0, 0.05) is 18.6 Å². The van der Waals surface area contributed by atoms with Gasteiger partial charge >= 0.3 is 0 Å². The van der Waals surface area contributed by atoms with Crippen molar-refractivity contribution in [3.05, 3.63) is 37.2 Å². The highest BCUT2D eigenvalue weighted by Gasteiger charge is 2.21. The van der Waals surface area contributed by atoms with Gasteiger partial charge in [-0.1, -0.05) is 0 Å². The van der Waals surface area contributed by atoms with Gasteiger partial charge in [0.05, 0.1) is 6.20 Å². The molecule has 3 aromatic heterocycles. The maximum Gasteiger partial charge on any atom is 0.267 e. The predicted molar refractivity (Wildman–Crippen MR) is 76.0 cm³/mol. The van der Waals surface area contributed by atoms with Crippen molar-refractivity contribution in [2.24, 2.45) is 0 Å². The maximum atomic E-state index is 12.3. The number of alkyl halides is 2. The highest BCUT2D eigenvalue weighted by Crippen LogP contribution is 2.15. The van der Waals surface area contributed by atoms with E-state index >= 15 is 0 Å². The minimum atomic E-state index is -4.09. The molecule has 0 aliphatic rings. The number of hydrogen-bond donors (Lipinski definition) is 1. The van der Waals surface area contributed by atoms with Crippen molar-refractivity contribution in [2.75, 3.05) is 4.72 Å². The van der Waals surface area contributed by atoms with Crippen LogP contribution in [0.3, 0.4) is 0 Å². The minimum Gasteiger partial charge on any atom is -0.266 e. The molecule has 126 valence electrons. The first-order valence-electron chi connectivity index (χ1n) is 6.46. The first-order valence-corrected chi connectivity index (χ1v) is 7.95. The molecule has 1 N–H and O–H groups in total. The van der Waals surface area contributed by atoms with Gasteiger partial charge in [-0.2, -0.15) is 19.9 Å². The van der Waals surface area contributed by atoms with Crippen LogP contribution in [0.25, 0.3) is 5.95 Å². The van der Waals surface area contributed by atoms with Crippen LogP contribution >= 0.6 is 0 Å². The number of rotatable bonds is 6. The lowest BCUT2D eigenvalue weighted by molar-refractivity contribution is 0.121. The smallest absolute Gasteiger partial charge is 0.266 e. The second kappa shape index (κ2) is 6.27. The number of hydrogen-bond acceptors (Lipinski definition) is 7. The molecule has 0 atom stereocenters. The fourth-order valence-corrected chi connectivity index (χ4v) is 2.71. The molecule has 3 rings (SSSR count). The highest BCUT2D eigenvalue weighted by molar-refractivity contribution is 7.92. The largest absolute Gasteiger partial charge is 0.267 e. The van der Waals surface area contributed by atoms with E-state index in [0.717, 1.165) is 28.1 Å². The van der Waals surface area contributed by atoms with E-state index in [9.17, 15) is 17.2 Å². The first kappa shape index (κ1) is 15.9. The molecule has 0 bridgehead atoms. The van der Waals surface area contributed by atoms with Gasteiger partial charge in [0.15, 0.2) is 0 Å². The Balaban J connectivity index is 1.86. The highest BCUT2D eigenvalue weighted by atomic mass is 32.2. The van der Waals surface area contributed by atoms with Crippen molar-refractivity contribution >= 4 is 16.0 Å². The summed E-state index contributed by atoms with van der Waals surface area (Å²) in [5, 5.41) is 7.42. The van der Waals surface area contributed by atoms with Crippen molar-refractivity contribution in [3.8, 4) is 5.95 Å². The number of nitrogens with one attached hydrogen (secondary N) is 1. The van der Waals surface area contributed by atoms with Gasteiger partial charge in [0.2, 0.25) is 5.95 Å². The fourth-order valence-electron chi connectivity index (χ4n) is 1.76. The molecule has 0 spiro atoms. The van der Waals surface area contributed by atoms with Gasteiger partial charge in [-0.25, -0.2) is 31.9 Å². The Bertz CT molecular complexity index is 924. The van der Waals surface area contributed by atoms with Gasteiger partial charge in [-0.05, 0) is 6.07 Å². The van der Waals surface area contributed by atoms with Gasteiger partial charge in [0.1, 0.15) is 17.8 Å². The van der Waals surface area contributed by atoms with Gasteiger partial charge in [-0.3, -0.25) is 4.68 Å². The molecule has 0 saturated heterocycles. The summed E-state index contributed by atoms with van der Waals surface area (Å²) in [5.41, 5.74) is 0. The van der Waals surface area contributed by atoms with E-state index in [2.05, 4.69) is 29.9 Å².